The number of Topliss-reactive ketones (excluding diaryl/α,β-unsaturated/α-hetero) is 2. The number of nitrogens with zero attached hydrogens (tertiary/aromatic N) is 2. The molecular formula is C53H80N2O12S2. The second kappa shape index (κ2) is 26.6. The molecule has 0 aliphatic carbocycles. The second-order valence-corrected chi connectivity index (χ2v) is 22.7. The van der Waals surface area contributed by atoms with Crippen molar-refractivity contribution in [1.29, 1.82) is 0 Å². The van der Waals surface area contributed by atoms with Crippen molar-refractivity contribution in [2.24, 2.45) is 40.4 Å². The summed E-state index contributed by atoms with van der Waals surface area (Å²) >= 11 is 3.03. The Morgan fingerprint density at radius 3 is 1.42 bits per heavy atom. The first-order chi connectivity index (χ1) is 32.1. The van der Waals surface area contributed by atoms with Crippen LogP contribution < -0.4 is 0 Å². The van der Waals surface area contributed by atoms with Gasteiger partial charge in [-0.2, -0.15) is 0 Å². The fraction of sp³-hybridized carbons (Fsp3) is 0.660. The largest absolute Gasteiger partial charge is 0.458 e. The predicted molar refractivity (Wildman–Crippen MR) is 271 cm³/mol. The average molecular weight is 1000 g/mol. The topological polar surface area (TPSA) is 234 Å². The smallest absolute Gasteiger partial charge is 0.309 e. The predicted octanol–water partition coefficient (Wildman–Crippen LogP) is 7.94. The molecule has 2 aliphatic heterocycles. The fourth-order valence-corrected chi connectivity index (χ4v) is 9.63. The Morgan fingerprint density at radius 1 is 0.623 bits per heavy atom. The van der Waals surface area contributed by atoms with Gasteiger partial charge < -0.3 is 40.1 Å². The van der Waals surface area contributed by atoms with E-state index >= 15 is 0 Å². The number of cyclic esters (lactones) is 2. The molecule has 0 amide bonds. The lowest BCUT2D eigenvalue weighted by Gasteiger charge is -2.34. The van der Waals surface area contributed by atoms with Gasteiger partial charge in [0.05, 0.1) is 81.7 Å². The number of rotatable bonds is 4. The lowest BCUT2D eigenvalue weighted by atomic mass is 9.73. The molecule has 16 heteroatoms. The summed E-state index contributed by atoms with van der Waals surface area (Å²) in [4.78, 5) is 60.8. The van der Waals surface area contributed by atoms with E-state index in [1.807, 2.05) is 95.7 Å². The highest BCUT2D eigenvalue weighted by molar-refractivity contribution is 7.09. The van der Waals surface area contributed by atoms with Crippen LogP contribution in [0.15, 0.2) is 46.2 Å². The Balaban J connectivity index is 0.000000365. The molecule has 4 heterocycles. The summed E-state index contributed by atoms with van der Waals surface area (Å²) in [6, 6.07) is 0. The summed E-state index contributed by atoms with van der Waals surface area (Å²) < 4.78 is 11.4. The molecule has 14 nitrogen and oxygen atoms in total. The fourth-order valence-electron chi connectivity index (χ4n) is 8.49. The normalized spacial score (nSPS) is 34.2. The molecular weight excluding hydrogens is 921 g/mol. The summed E-state index contributed by atoms with van der Waals surface area (Å²) in [6.45, 7) is 22.7. The number of carbonyl (C=O) groups is 4. The van der Waals surface area contributed by atoms with Crippen LogP contribution in [0.3, 0.4) is 0 Å². The minimum atomic E-state index is -1.28. The number of thiazole rings is 2. The molecule has 3 unspecified atom stereocenters. The van der Waals surface area contributed by atoms with Gasteiger partial charge in [-0.15, -0.1) is 22.7 Å². The van der Waals surface area contributed by atoms with E-state index in [9.17, 15) is 49.8 Å². The Labute approximate surface area is 417 Å². The van der Waals surface area contributed by atoms with Crippen molar-refractivity contribution >= 4 is 58.3 Å². The summed E-state index contributed by atoms with van der Waals surface area (Å²) in [7, 11) is 0. The Bertz CT molecular complexity index is 2140. The summed E-state index contributed by atoms with van der Waals surface area (Å²) in [5.41, 5.74) is 0.478. The molecule has 0 saturated heterocycles. The van der Waals surface area contributed by atoms with Gasteiger partial charge in [0, 0.05) is 41.4 Å². The number of aromatic nitrogens is 2. The molecule has 0 bridgehead atoms. The zero-order valence-electron chi connectivity index (χ0n) is 42.9. The van der Waals surface area contributed by atoms with Crippen LogP contribution in [0.5, 0.6) is 0 Å². The summed E-state index contributed by atoms with van der Waals surface area (Å²) in [5, 5.41) is 70.2. The molecule has 0 aromatic carbocycles. The van der Waals surface area contributed by atoms with Crippen LogP contribution in [0.1, 0.15) is 143 Å². The highest BCUT2D eigenvalue weighted by Gasteiger charge is 2.44. The number of ketones is 2. The van der Waals surface area contributed by atoms with Crippen molar-refractivity contribution < 1.29 is 59.3 Å². The number of carbonyl (C=O) groups excluding carboxylic acids is 4. The van der Waals surface area contributed by atoms with Gasteiger partial charge in [-0.05, 0) is 82.1 Å². The third-order valence-corrected chi connectivity index (χ3v) is 15.4. The zero-order chi connectivity index (χ0) is 52.1. The first kappa shape index (κ1) is 59.6. The van der Waals surface area contributed by atoms with Crippen molar-refractivity contribution in [2.45, 2.75) is 184 Å². The number of esters is 2. The number of aryl methyl sites for hydroxylation is 2. The maximum atomic E-state index is 13.2. The van der Waals surface area contributed by atoms with E-state index in [1.54, 1.807) is 41.5 Å². The maximum absolute atomic E-state index is 13.2. The van der Waals surface area contributed by atoms with Crippen LogP contribution in [0, 0.1) is 54.3 Å². The highest BCUT2D eigenvalue weighted by atomic mass is 32.1. The van der Waals surface area contributed by atoms with Gasteiger partial charge in [0.15, 0.2) is 0 Å². The van der Waals surface area contributed by atoms with Crippen LogP contribution in [0.4, 0.5) is 0 Å². The van der Waals surface area contributed by atoms with Crippen molar-refractivity contribution in [3.05, 3.63) is 67.6 Å². The van der Waals surface area contributed by atoms with E-state index in [2.05, 4.69) is 9.97 Å². The number of ether oxygens (including phenoxy) is 2. The van der Waals surface area contributed by atoms with E-state index in [-0.39, 0.29) is 55.0 Å². The van der Waals surface area contributed by atoms with Crippen molar-refractivity contribution in [3.8, 4) is 0 Å². The molecule has 0 fully saturated rings. The quantitative estimate of drug-likeness (QED) is 0.126. The number of allylic oxidation sites excluding steroid dienone is 2. The number of aliphatic hydroxyl groups is 6. The number of aliphatic hydroxyl groups excluding tert-OH is 6. The molecule has 69 heavy (non-hydrogen) atoms. The van der Waals surface area contributed by atoms with Gasteiger partial charge in [0.1, 0.15) is 23.8 Å². The molecule has 2 aliphatic rings. The lowest BCUT2D eigenvalue weighted by Crippen LogP contribution is -2.45. The molecule has 0 spiro atoms. The van der Waals surface area contributed by atoms with E-state index in [1.165, 1.54) is 22.7 Å². The number of hydrogen-bond acceptors (Lipinski definition) is 16. The van der Waals surface area contributed by atoms with E-state index in [0.29, 0.717) is 19.3 Å². The molecule has 6 N–H and O–H groups in total. The van der Waals surface area contributed by atoms with E-state index < -0.39 is 83.4 Å². The zero-order valence-corrected chi connectivity index (χ0v) is 44.6. The van der Waals surface area contributed by atoms with Crippen LogP contribution in [-0.4, -0.2) is 113 Å². The molecule has 2 aromatic heterocycles. The Hall–Kier alpha value is -3.74. The lowest BCUT2D eigenvalue weighted by molar-refractivity contribution is -0.157. The SMILES string of the molecule is C/C(=C\c1csc(C)n1)[C@@H]1CC(O)C(C)/C=C/C[C@H](C)[C@H](O)[C@@H](C)C(=O)C(C)(C)[C@@H](O)CC(=O)O1.C/C(=C\c1csc(C)n1)[C@@H]1CC(O)C/C=C/C[C@H](C)[C@H](O)[C@@H](C)C(=O)C(C)(C)[C@@H](O)CC(=O)O1. The first-order valence-electron chi connectivity index (χ1n) is 24.1. The molecule has 2 aromatic rings. The minimum Gasteiger partial charge on any atom is -0.458 e. The van der Waals surface area contributed by atoms with E-state index in [0.717, 1.165) is 32.5 Å². The molecule has 13 atom stereocenters. The van der Waals surface area contributed by atoms with Gasteiger partial charge in [0.2, 0.25) is 0 Å². The van der Waals surface area contributed by atoms with Gasteiger partial charge >= 0.3 is 11.9 Å². The summed E-state index contributed by atoms with van der Waals surface area (Å²) in [5.74, 6) is -3.93. The van der Waals surface area contributed by atoms with Crippen LogP contribution in [-0.2, 0) is 28.7 Å². The third kappa shape index (κ3) is 17.5. The molecule has 386 valence electrons. The van der Waals surface area contributed by atoms with Gasteiger partial charge in [-0.3, -0.25) is 19.2 Å². The van der Waals surface area contributed by atoms with Crippen LogP contribution in [0.2, 0.25) is 0 Å². The minimum absolute atomic E-state index is 0.177. The number of hydrogen-bond donors (Lipinski definition) is 6. The van der Waals surface area contributed by atoms with Crippen molar-refractivity contribution in [2.75, 3.05) is 0 Å². The first-order valence-corrected chi connectivity index (χ1v) is 25.9. The monoisotopic (exact) mass is 1000 g/mol. The molecule has 4 rings (SSSR count). The third-order valence-electron chi connectivity index (χ3n) is 13.8. The highest BCUT2D eigenvalue weighted by Crippen LogP contribution is 2.34. The van der Waals surface area contributed by atoms with Gasteiger partial charge in [0.25, 0.3) is 0 Å². The van der Waals surface area contributed by atoms with Gasteiger partial charge in [-0.25, -0.2) is 9.97 Å². The molecule has 0 saturated carbocycles. The second-order valence-electron chi connectivity index (χ2n) is 20.6. The Morgan fingerprint density at radius 2 is 1.01 bits per heavy atom. The average Bonchev–Trinajstić information content (AvgIpc) is 3.90. The summed E-state index contributed by atoms with van der Waals surface area (Å²) in [6.07, 6.45) is 5.01. The van der Waals surface area contributed by atoms with Crippen molar-refractivity contribution in [1.82, 2.24) is 9.97 Å². The van der Waals surface area contributed by atoms with Crippen molar-refractivity contribution in [3.63, 3.8) is 0 Å². The van der Waals surface area contributed by atoms with E-state index in [4.69, 9.17) is 9.47 Å². The van der Waals surface area contributed by atoms with Gasteiger partial charge in [-0.1, -0.05) is 86.6 Å². The Kier molecular flexibility index (Phi) is 23.0. The van der Waals surface area contributed by atoms with Crippen LogP contribution >= 0.6 is 22.7 Å². The maximum Gasteiger partial charge on any atom is 0.309 e. The van der Waals surface area contributed by atoms with Crippen LogP contribution in [0.25, 0.3) is 12.2 Å². The standard InChI is InChI=1S/C27H41NO6S.C26H39NO6S/c1-15-9-8-10-16(2)25(32)18(4)26(33)27(6,7)23(30)13-24(31)34-22(12-21(15)29)17(3)11-20-14-35-19(5)28-20;1-15-9-7-8-10-20(28)12-21(16(2)11-19-14-34-18(4)27-19)33-23(30)13-22(29)26(5,6)25(32)17(3)24(15)31/h8-9,11,14-16,18,21-23,25,29-30,32H,10,12-13H2,1-7H3;7-8,11,14-15,17,20-22,24,28-29,31H,9-10,12-13H2,1-6H3/b9-8+,17-11+;8-7+,16-11+/t15?,16-,18+,21?,22-,23-,25-;15-,17+,20?,21-,22-,24-/m00/s1. The molecule has 0 radical (unpaired) electrons.